The van der Waals surface area contributed by atoms with Gasteiger partial charge in [0.15, 0.2) is 0 Å². The third kappa shape index (κ3) is 3.04. The van der Waals surface area contributed by atoms with Crippen molar-refractivity contribution in [3.63, 3.8) is 0 Å². The fourth-order valence-electron chi connectivity index (χ4n) is 3.44. The summed E-state index contributed by atoms with van der Waals surface area (Å²) in [6.07, 6.45) is 6.38. The van der Waals surface area contributed by atoms with Gasteiger partial charge in [-0.2, -0.15) is 0 Å². The molecule has 0 unspecified atom stereocenters. The highest BCUT2D eigenvalue weighted by molar-refractivity contribution is 5.76. The Balaban J connectivity index is 1.88. The van der Waals surface area contributed by atoms with Gasteiger partial charge in [-0.3, -0.25) is 4.79 Å². The van der Waals surface area contributed by atoms with Crippen LogP contribution in [-0.4, -0.2) is 61.6 Å². The second-order valence-electron chi connectivity index (χ2n) is 5.58. The highest BCUT2D eigenvalue weighted by Crippen LogP contribution is 2.29. The molecule has 2 aliphatic rings. The molecule has 2 atom stereocenters. The van der Waals surface area contributed by atoms with Crippen LogP contribution >= 0.6 is 0 Å². The second-order valence-corrected chi connectivity index (χ2v) is 5.58. The summed E-state index contributed by atoms with van der Waals surface area (Å²) in [7, 11) is 3.89. The largest absolute Gasteiger partial charge is 0.385 e. The molecule has 0 aliphatic carbocycles. The molecule has 0 bridgehead atoms. The van der Waals surface area contributed by atoms with Gasteiger partial charge in [-0.25, -0.2) is 0 Å². The zero-order chi connectivity index (χ0) is 13.0. The molecule has 0 radical (unpaired) electrons. The summed E-state index contributed by atoms with van der Waals surface area (Å²) in [4.78, 5) is 16.8. The fourth-order valence-corrected chi connectivity index (χ4v) is 3.44. The summed E-state index contributed by atoms with van der Waals surface area (Å²) in [6, 6.07) is 1.06. The maximum Gasteiger partial charge on any atom is 0.222 e. The van der Waals surface area contributed by atoms with Crippen LogP contribution in [0, 0.1) is 0 Å². The molecule has 0 N–H and O–H groups in total. The second kappa shape index (κ2) is 6.53. The average molecular weight is 254 g/mol. The minimum absolute atomic E-state index is 0.329. The van der Waals surface area contributed by atoms with Crippen molar-refractivity contribution in [2.75, 3.05) is 33.9 Å². The monoisotopic (exact) mass is 254 g/mol. The number of carbonyl (C=O) groups excluding carboxylic acids is 1. The van der Waals surface area contributed by atoms with Crippen LogP contribution in [-0.2, 0) is 9.53 Å². The van der Waals surface area contributed by atoms with Crippen LogP contribution in [0.15, 0.2) is 0 Å². The first-order valence-corrected chi connectivity index (χ1v) is 7.22. The Morgan fingerprint density at radius 3 is 2.61 bits per heavy atom. The van der Waals surface area contributed by atoms with E-state index in [9.17, 15) is 4.79 Å². The molecule has 0 spiro atoms. The number of methoxy groups -OCH3 is 1. The van der Waals surface area contributed by atoms with Crippen molar-refractivity contribution in [1.29, 1.82) is 0 Å². The molecule has 104 valence electrons. The minimum Gasteiger partial charge on any atom is -0.385 e. The van der Waals surface area contributed by atoms with E-state index in [0.717, 1.165) is 13.0 Å². The SMILES string of the molecule is COCCCC(=O)N1CCC[C@H]1[C@H]1CCCN1C. The molecule has 2 fully saturated rings. The molecule has 2 heterocycles. The number of hydrogen-bond acceptors (Lipinski definition) is 3. The number of hydrogen-bond donors (Lipinski definition) is 0. The van der Waals surface area contributed by atoms with Crippen molar-refractivity contribution in [2.24, 2.45) is 0 Å². The topological polar surface area (TPSA) is 32.8 Å². The van der Waals surface area contributed by atoms with Crippen molar-refractivity contribution < 1.29 is 9.53 Å². The van der Waals surface area contributed by atoms with Gasteiger partial charge in [-0.1, -0.05) is 0 Å². The van der Waals surface area contributed by atoms with E-state index in [2.05, 4.69) is 16.8 Å². The number of likely N-dealkylation sites (tertiary alicyclic amines) is 2. The van der Waals surface area contributed by atoms with E-state index in [1.54, 1.807) is 7.11 Å². The molecular formula is C14H26N2O2. The molecular weight excluding hydrogens is 228 g/mol. The quantitative estimate of drug-likeness (QED) is 0.697. The van der Waals surface area contributed by atoms with Gasteiger partial charge in [0.1, 0.15) is 0 Å². The minimum atomic E-state index is 0.329. The van der Waals surface area contributed by atoms with Gasteiger partial charge in [0.05, 0.1) is 0 Å². The number of rotatable bonds is 5. The van der Waals surface area contributed by atoms with Crippen LogP contribution in [0.1, 0.15) is 38.5 Å². The summed E-state index contributed by atoms with van der Waals surface area (Å²) < 4.78 is 5.02. The van der Waals surface area contributed by atoms with Gasteiger partial charge in [-0.05, 0) is 45.7 Å². The summed E-state index contributed by atoms with van der Waals surface area (Å²) in [5, 5.41) is 0. The first kappa shape index (κ1) is 13.8. The van der Waals surface area contributed by atoms with Crippen molar-refractivity contribution in [1.82, 2.24) is 9.80 Å². The van der Waals surface area contributed by atoms with E-state index in [0.29, 0.717) is 31.0 Å². The zero-order valence-electron chi connectivity index (χ0n) is 11.7. The number of ether oxygens (including phenoxy) is 1. The standard InChI is InChI=1S/C14H26N2O2/c1-15-9-3-6-12(15)13-7-4-10-16(13)14(17)8-5-11-18-2/h12-13H,3-11H2,1-2H3/t12-,13+/m1/s1. The molecule has 4 heteroatoms. The summed E-state index contributed by atoms with van der Waals surface area (Å²) in [5.41, 5.74) is 0. The Labute approximate surface area is 110 Å². The average Bonchev–Trinajstić information content (AvgIpc) is 2.97. The Morgan fingerprint density at radius 1 is 1.22 bits per heavy atom. The third-order valence-electron chi connectivity index (χ3n) is 4.38. The Bertz CT molecular complexity index is 283. The number of likely N-dealkylation sites (N-methyl/N-ethyl adjacent to an activating group) is 1. The first-order chi connectivity index (χ1) is 8.74. The molecule has 1 amide bonds. The predicted molar refractivity (Wildman–Crippen MR) is 71.5 cm³/mol. The van der Waals surface area contributed by atoms with E-state index in [1.165, 1.54) is 32.2 Å². The first-order valence-electron chi connectivity index (χ1n) is 7.22. The lowest BCUT2D eigenvalue weighted by Crippen LogP contribution is -2.47. The van der Waals surface area contributed by atoms with E-state index < -0.39 is 0 Å². The predicted octanol–water partition coefficient (Wildman–Crippen LogP) is 1.50. The van der Waals surface area contributed by atoms with E-state index in [4.69, 9.17) is 4.74 Å². The van der Waals surface area contributed by atoms with Crippen LogP contribution in [0.2, 0.25) is 0 Å². The molecule has 2 aliphatic heterocycles. The summed E-state index contributed by atoms with van der Waals surface area (Å²) in [5.74, 6) is 0.329. The molecule has 0 aromatic rings. The van der Waals surface area contributed by atoms with Gasteiger partial charge < -0.3 is 14.5 Å². The van der Waals surface area contributed by atoms with Crippen molar-refractivity contribution >= 4 is 5.91 Å². The number of nitrogens with zero attached hydrogens (tertiary/aromatic N) is 2. The van der Waals surface area contributed by atoms with Crippen molar-refractivity contribution in [3.8, 4) is 0 Å². The fraction of sp³-hybridized carbons (Fsp3) is 0.929. The molecule has 4 nitrogen and oxygen atoms in total. The summed E-state index contributed by atoms with van der Waals surface area (Å²) in [6.45, 7) is 2.83. The third-order valence-corrected chi connectivity index (χ3v) is 4.38. The maximum atomic E-state index is 12.2. The molecule has 2 saturated heterocycles. The van der Waals surface area contributed by atoms with Crippen LogP contribution in [0.25, 0.3) is 0 Å². The maximum absolute atomic E-state index is 12.2. The van der Waals surface area contributed by atoms with Gasteiger partial charge >= 0.3 is 0 Å². The van der Waals surface area contributed by atoms with E-state index in [1.807, 2.05) is 0 Å². The smallest absolute Gasteiger partial charge is 0.222 e. The Kier molecular flexibility index (Phi) is 5.01. The van der Waals surface area contributed by atoms with Gasteiger partial charge in [-0.15, -0.1) is 0 Å². The van der Waals surface area contributed by atoms with Gasteiger partial charge in [0.2, 0.25) is 5.91 Å². The van der Waals surface area contributed by atoms with Crippen LogP contribution in [0.5, 0.6) is 0 Å². The normalized spacial score (nSPS) is 29.1. The van der Waals surface area contributed by atoms with Gasteiger partial charge in [0, 0.05) is 38.8 Å². The van der Waals surface area contributed by atoms with Crippen molar-refractivity contribution in [3.05, 3.63) is 0 Å². The molecule has 0 saturated carbocycles. The molecule has 0 aromatic heterocycles. The number of amides is 1. The van der Waals surface area contributed by atoms with Crippen molar-refractivity contribution in [2.45, 2.75) is 50.6 Å². The molecule has 0 aromatic carbocycles. The number of carbonyl (C=O) groups is 1. The lowest BCUT2D eigenvalue weighted by Gasteiger charge is -2.33. The Morgan fingerprint density at radius 2 is 1.94 bits per heavy atom. The lowest BCUT2D eigenvalue weighted by atomic mass is 10.0. The van der Waals surface area contributed by atoms with E-state index in [-0.39, 0.29) is 0 Å². The molecule has 2 rings (SSSR count). The van der Waals surface area contributed by atoms with Crippen LogP contribution in [0.3, 0.4) is 0 Å². The van der Waals surface area contributed by atoms with Crippen LogP contribution < -0.4 is 0 Å². The molecule has 18 heavy (non-hydrogen) atoms. The highest BCUT2D eigenvalue weighted by Gasteiger charge is 2.37. The van der Waals surface area contributed by atoms with E-state index >= 15 is 0 Å². The van der Waals surface area contributed by atoms with Gasteiger partial charge in [0.25, 0.3) is 0 Å². The highest BCUT2D eigenvalue weighted by atomic mass is 16.5. The summed E-state index contributed by atoms with van der Waals surface area (Å²) >= 11 is 0. The van der Waals surface area contributed by atoms with Crippen LogP contribution in [0.4, 0.5) is 0 Å². The lowest BCUT2D eigenvalue weighted by molar-refractivity contribution is -0.133. The zero-order valence-corrected chi connectivity index (χ0v) is 11.7. The Hall–Kier alpha value is -0.610.